The number of carbonyl (C=O) groups is 1. The molecule has 3 aromatic rings. The largest absolute Gasteiger partial charge is 0.440 e. The highest BCUT2D eigenvalue weighted by Crippen LogP contribution is 2.30. The molecule has 0 spiro atoms. The Labute approximate surface area is 145 Å². The molecule has 0 saturated carbocycles. The van der Waals surface area contributed by atoms with Gasteiger partial charge < -0.3 is 9.32 Å². The van der Waals surface area contributed by atoms with Gasteiger partial charge in [-0.1, -0.05) is 12.1 Å². The van der Waals surface area contributed by atoms with Crippen molar-refractivity contribution in [2.75, 3.05) is 13.1 Å². The number of aromatic nitrogens is 1. The Bertz CT molecular complexity index is 843. The monoisotopic (exact) mass is 340 g/mol. The molecule has 1 unspecified atom stereocenters. The lowest BCUT2D eigenvalue weighted by Gasteiger charge is -2.31. The van der Waals surface area contributed by atoms with Gasteiger partial charge in [0.1, 0.15) is 5.52 Å². The van der Waals surface area contributed by atoms with E-state index in [-0.39, 0.29) is 11.8 Å². The summed E-state index contributed by atoms with van der Waals surface area (Å²) < 4.78 is 5.92. The average molecular weight is 340 g/mol. The molecule has 1 aromatic carbocycles. The number of aryl methyl sites for hydroxylation is 2. The van der Waals surface area contributed by atoms with Gasteiger partial charge in [-0.2, -0.15) is 0 Å². The second-order valence-electron chi connectivity index (χ2n) is 6.46. The summed E-state index contributed by atoms with van der Waals surface area (Å²) in [7, 11) is 0. The first kappa shape index (κ1) is 15.4. The van der Waals surface area contributed by atoms with Crippen molar-refractivity contribution < 1.29 is 9.21 Å². The zero-order valence-corrected chi connectivity index (χ0v) is 14.7. The van der Waals surface area contributed by atoms with E-state index >= 15 is 0 Å². The summed E-state index contributed by atoms with van der Waals surface area (Å²) in [5, 5.41) is 0. The van der Waals surface area contributed by atoms with Crippen LogP contribution < -0.4 is 0 Å². The van der Waals surface area contributed by atoms with E-state index in [1.54, 1.807) is 11.3 Å². The Morgan fingerprint density at radius 2 is 2.17 bits per heavy atom. The Morgan fingerprint density at radius 3 is 2.92 bits per heavy atom. The molecule has 3 heterocycles. The van der Waals surface area contributed by atoms with Crippen molar-refractivity contribution in [2.45, 2.75) is 32.6 Å². The van der Waals surface area contributed by atoms with Crippen LogP contribution in [0.1, 0.15) is 44.8 Å². The van der Waals surface area contributed by atoms with Gasteiger partial charge in [0.15, 0.2) is 11.5 Å². The maximum absolute atomic E-state index is 12.8. The molecule has 124 valence electrons. The maximum Gasteiger partial charge on any atom is 0.263 e. The molecule has 24 heavy (non-hydrogen) atoms. The van der Waals surface area contributed by atoms with Gasteiger partial charge in [0.05, 0.1) is 10.8 Å². The lowest BCUT2D eigenvalue weighted by Crippen LogP contribution is -2.38. The number of hydrogen-bond acceptors (Lipinski definition) is 4. The van der Waals surface area contributed by atoms with E-state index in [4.69, 9.17) is 4.42 Å². The third-order valence-corrected chi connectivity index (χ3v) is 5.89. The molecule has 0 bridgehead atoms. The summed E-state index contributed by atoms with van der Waals surface area (Å²) in [5.74, 6) is 1.07. The number of hydrogen-bond donors (Lipinski definition) is 0. The summed E-state index contributed by atoms with van der Waals surface area (Å²) in [5.41, 5.74) is 2.90. The zero-order chi connectivity index (χ0) is 16.7. The Hall–Kier alpha value is -2.14. The molecule has 5 heteroatoms. The molecule has 4 rings (SSSR count). The molecule has 1 amide bonds. The Balaban J connectivity index is 1.55. The maximum atomic E-state index is 12.8. The van der Waals surface area contributed by atoms with Gasteiger partial charge in [0.2, 0.25) is 0 Å². The second kappa shape index (κ2) is 6.06. The number of thiophene rings is 1. The van der Waals surface area contributed by atoms with Crippen molar-refractivity contribution in [3.05, 3.63) is 51.5 Å². The molecule has 0 aliphatic carbocycles. The number of piperidine rings is 1. The first-order valence-electron chi connectivity index (χ1n) is 8.33. The standard InChI is InChI=1S/C19H20N2O2S/c1-12-10-17(24-13(12)2)19(22)21-9-5-6-14(11-21)18-20-15-7-3-4-8-16(15)23-18/h3-4,7-8,10,14H,5-6,9,11H2,1-2H3. The van der Waals surface area contributed by atoms with Crippen LogP contribution in [-0.2, 0) is 0 Å². The molecular weight excluding hydrogens is 320 g/mol. The SMILES string of the molecule is Cc1cc(C(=O)N2CCCC(c3nc4ccccc4o3)C2)sc1C. The van der Waals surface area contributed by atoms with E-state index in [0.717, 1.165) is 41.3 Å². The minimum Gasteiger partial charge on any atom is -0.440 e. The highest BCUT2D eigenvalue weighted by atomic mass is 32.1. The van der Waals surface area contributed by atoms with Gasteiger partial charge in [-0.05, 0) is 50.5 Å². The van der Waals surface area contributed by atoms with Crippen LogP contribution >= 0.6 is 11.3 Å². The fraction of sp³-hybridized carbons (Fsp3) is 0.368. The van der Waals surface area contributed by atoms with Crippen LogP contribution in [0.3, 0.4) is 0 Å². The van der Waals surface area contributed by atoms with Crippen LogP contribution in [0.25, 0.3) is 11.1 Å². The van der Waals surface area contributed by atoms with Crippen molar-refractivity contribution in [3.63, 3.8) is 0 Å². The number of oxazole rings is 1. The lowest BCUT2D eigenvalue weighted by molar-refractivity contribution is 0.0704. The smallest absolute Gasteiger partial charge is 0.263 e. The summed E-state index contributed by atoms with van der Waals surface area (Å²) in [6, 6.07) is 9.83. The van der Waals surface area contributed by atoms with Gasteiger partial charge in [-0.3, -0.25) is 4.79 Å². The fourth-order valence-corrected chi connectivity index (χ4v) is 4.26. The first-order valence-corrected chi connectivity index (χ1v) is 9.15. The quantitative estimate of drug-likeness (QED) is 0.689. The Morgan fingerprint density at radius 1 is 1.33 bits per heavy atom. The van der Waals surface area contributed by atoms with E-state index in [1.165, 1.54) is 10.4 Å². The predicted molar refractivity (Wildman–Crippen MR) is 95.7 cm³/mol. The summed E-state index contributed by atoms with van der Waals surface area (Å²) >= 11 is 1.59. The van der Waals surface area contributed by atoms with Crippen molar-refractivity contribution >= 4 is 28.3 Å². The van der Waals surface area contributed by atoms with Crippen LogP contribution in [-0.4, -0.2) is 28.9 Å². The minimum atomic E-state index is 0.136. The third kappa shape index (κ3) is 2.73. The molecule has 0 N–H and O–H groups in total. The molecular formula is C19H20N2O2S. The summed E-state index contributed by atoms with van der Waals surface area (Å²) in [4.78, 5) is 21.4. The van der Waals surface area contributed by atoms with Crippen LogP contribution in [0.2, 0.25) is 0 Å². The van der Waals surface area contributed by atoms with Gasteiger partial charge in [-0.25, -0.2) is 4.98 Å². The second-order valence-corrected chi connectivity index (χ2v) is 7.72. The van der Waals surface area contributed by atoms with Gasteiger partial charge in [0, 0.05) is 18.0 Å². The number of fused-ring (bicyclic) bond motifs is 1. The van der Waals surface area contributed by atoms with E-state index in [0.29, 0.717) is 6.54 Å². The van der Waals surface area contributed by atoms with Crippen molar-refractivity contribution in [2.24, 2.45) is 0 Å². The zero-order valence-electron chi connectivity index (χ0n) is 13.9. The van der Waals surface area contributed by atoms with Crippen molar-refractivity contribution in [1.82, 2.24) is 9.88 Å². The van der Waals surface area contributed by atoms with Crippen LogP contribution in [0.5, 0.6) is 0 Å². The van der Waals surface area contributed by atoms with E-state index in [2.05, 4.69) is 18.8 Å². The van der Waals surface area contributed by atoms with Gasteiger partial charge >= 0.3 is 0 Å². The Kier molecular flexibility index (Phi) is 3.88. The number of para-hydroxylation sites is 2. The van der Waals surface area contributed by atoms with Crippen molar-refractivity contribution in [1.29, 1.82) is 0 Å². The first-order chi connectivity index (χ1) is 11.6. The lowest BCUT2D eigenvalue weighted by atomic mass is 9.98. The summed E-state index contributed by atoms with van der Waals surface area (Å²) in [6.45, 7) is 5.61. The number of amides is 1. The highest BCUT2D eigenvalue weighted by Gasteiger charge is 2.29. The number of nitrogens with zero attached hydrogens (tertiary/aromatic N) is 2. The number of likely N-dealkylation sites (tertiary alicyclic amines) is 1. The predicted octanol–water partition coefficient (Wildman–Crippen LogP) is 4.53. The number of benzene rings is 1. The van der Waals surface area contributed by atoms with Crippen molar-refractivity contribution in [3.8, 4) is 0 Å². The molecule has 1 aliphatic heterocycles. The average Bonchev–Trinajstić information content (AvgIpc) is 3.18. The molecule has 4 nitrogen and oxygen atoms in total. The number of carbonyl (C=O) groups excluding carboxylic acids is 1. The minimum absolute atomic E-state index is 0.136. The number of rotatable bonds is 2. The van der Waals surface area contributed by atoms with E-state index < -0.39 is 0 Å². The molecule has 1 saturated heterocycles. The van der Waals surface area contributed by atoms with E-state index in [9.17, 15) is 4.79 Å². The van der Waals surface area contributed by atoms with Crippen LogP contribution in [0.4, 0.5) is 0 Å². The molecule has 1 atom stereocenters. The fourth-order valence-electron chi connectivity index (χ4n) is 3.26. The highest BCUT2D eigenvalue weighted by molar-refractivity contribution is 7.14. The summed E-state index contributed by atoms with van der Waals surface area (Å²) in [6.07, 6.45) is 2.00. The molecule has 1 aliphatic rings. The molecule has 2 aromatic heterocycles. The van der Waals surface area contributed by atoms with Crippen LogP contribution in [0, 0.1) is 13.8 Å². The molecule has 0 radical (unpaired) electrons. The normalized spacial score (nSPS) is 18.2. The molecule has 1 fully saturated rings. The topological polar surface area (TPSA) is 46.3 Å². The van der Waals surface area contributed by atoms with Gasteiger partial charge in [0.25, 0.3) is 5.91 Å². The van der Waals surface area contributed by atoms with Gasteiger partial charge in [-0.15, -0.1) is 11.3 Å². The third-order valence-electron chi connectivity index (χ3n) is 4.75. The van der Waals surface area contributed by atoms with Crippen LogP contribution in [0.15, 0.2) is 34.7 Å². The van der Waals surface area contributed by atoms with E-state index in [1.807, 2.05) is 35.2 Å².